The molecule has 2 unspecified atom stereocenters. The van der Waals surface area contributed by atoms with Gasteiger partial charge in [-0.3, -0.25) is 9.59 Å². The van der Waals surface area contributed by atoms with Crippen LogP contribution in [0.5, 0.6) is 23.5 Å². The number of methoxy groups -OCH3 is 2. The first-order valence-corrected chi connectivity index (χ1v) is 16.4. The molecule has 0 bridgehead atoms. The summed E-state index contributed by atoms with van der Waals surface area (Å²) in [6.45, 7) is 2.67. The van der Waals surface area contributed by atoms with Gasteiger partial charge in [-0.15, -0.1) is 0 Å². The molecule has 0 fully saturated rings. The number of benzene rings is 2. The van der Waals surface area contributed by atoms with Gasteiger partial charge < -0.3 is 50.0 Å². The minimum atomic E-state index is -1.09. The first-order chi connectivity index (χ1) is 25.0. The molecule has 52 heavy (non-hydrogen) atoms. The van der Waals surface area contributed by atoms with Gasteiger partial charge in [-0.1, -0.05) is 36.4 Å². The summed E-state index contributed by atoms with van der Waals surface area (Å²) < 4.78 is 38.5. The fourth-order valence-corrected chi connectivity index (χ4v) is 5.32. The van der Waals surface area contributed by atoms with Crippen molar-refractivity contribution in [1.29, 1.82) is 0 Å². The smallest absolute Gasteiger partial charge is 0.306 e. The molecule has 0 saturated heterocycles. The number of carboxylic acids is 2. The van der Waals surface area contributed by atoms with Crippen LogP contribution in [0.1, 0.15) is 40.7 Å². The second kappa shape index (κ2) is 19.3. The van der Waals surface area contributed by atoms with Crippen LogP contribution in [0.3, 0.4) is 0 Å². The number of nitrogens with one attached hydrogen (secondary N) is 2. The van der Waals surface area contributed by atoms with E-state index in [1.54, 1.807) is 42.5 Å². The predicted molar refractivity (Wildman–Crippen MR) is 187 cm³/mol. The average Bonchev–Trinajstić information content (AvgIpc) is 3.11. The number of ether oxygens (including phenoxy) is 4. The lowest BCUT2D eigenvalue weighted by atomic mass is 9.95. The van der Waals surface area contributed by atoms with Crippen molar-refractivity contribution < 1.29 is 53.4 Å². The molecule has 2 heterocycles. The Balaban J connectivity index is 1.39. The van der Waals surface area contributed by atoms with Gasteiger partial charge in [0.15, 0.2) is 0 Å². The summed E-state index contributed by atoms with van der Waals surface area (Å²) in [5.41, 5.74) is 4.39. The van der Waals surface area contributed by atoms with Crippen molar-refractivity contribution in [1.82, 2.24) is 20.6 Å². The maximum Gasteiger partial charge on any atom is 0.306 e. The molecule has 2 aromatic carbocycles. The predicted octanol–water partition coefficient (Wildman–Crippen LogP) is 3.62. The van der Waals surface area contributed by atoms with Gasteiger partial charge in [0.2, 0.25) is 23.5 Å². The maximum atomic E-state index is 15.9. The highest BCUT2D eigenvalue weighted by atomic mass is 19.1. The number of halogens is 1. The number of hydrogen-bond donors (Lipinski definition) is 6. The molecule has 0 aliphatic heterocycles. The minimum absolute atomic E-state index is 0.0749. The number of rotatable bonds is 21. The lowest BCUT2D eigenvalue weighted by molar-refractivity contribution is -0.140. The molecule has 4 rings (SSSR count). The van der Waals surface area contributed by atoms with E-state index in [1.807, 2.05) is 25.1 Å². The van der Waals surface area contributed by atoms with E-state index in [-0.39, 0.29) is 57.4 Å². The van der Waals surface area contributed by atoms with E-state index in [2.05, 4.69) is 20.6 Å². The van der Waals surface area contributed by atoms with E-state index in [9.17, 15) is 19.8 Å². The van der Waals surface area contributed by atoms with Gasteiger partial charge in [-0.2, -0.15) is 9.97 Å². The normalized spacial score (nSPS) is 12.2. The monoisotopic (exact) mass is 722 g/mol. The van der Waals surface area contributed by atoms with Crippen molar-refractivity contribution in [3.05, 3.63) is 94.3 Å². The van der Waals surface area contributed by atoms with E-state index in [4.69, 9.17) is 29.2 Å². The third kappa shape index (κ3) is 11.3. The van der Waals surface area contributed by atoms with Crippen LogP contribution in [0.2, 0.25) is 0 Å². The van der Waals surface area contributed by atoms with Crippen LogP contribution < -0.4 is 29.6 Å². The number of hydrogen-bond acceptors (Lipinski definition) is 12. The summed E-state index contributed by atoms with van der Waals surface area (Å²) in [5.74, 6) is -1.50. The third-order valence-corrected chi connectivity index (χ3v) is 7.99. The first kappa shape index (κ1) is 39.4. The lowest BCUT2D eigenvalue weighted by Gasteiger charge is -2.16. The Hall–Kier alpha value is -5.35. The summed E-state index contributed by atoms with van der Waals surface area (Å²) in [6, 6.07) is 17.4. The highest BCUT2D eigenvalue weighted by Crippen LogP contribution is 2.31. The van der Waals surface area contributed by atoms with Crippen LogP contribution in [-0.2, 0) is 35.9 Å². The van der Waals surface area contributed by atoms with E-state index in [1.165, 1.54) is 14.2 Å². The number of carboxylic acid groups (broad SMARTS) is 2. The second-order valence-corrected chi connectivity index (χ2v) is 11.8. The highest BCUT2D eigenvalue weighted by molar-refractivity contribution is 5.70. The van der Waals surface area contributed by atoms with Crippen LogP contribution in [0.25, 0.3) is 11.1 Å². The van der Waals surface area contributed by atoms with Crippen molar-refractivity contribution in [2.45, 2.75) is 58.3 Å². The van der Waals surface area contributed by atoms with E-state index in [0.29, 0.717) is 46.1 Å². The van der Waals surface area contributed by atoms with Gasteiger partial charge in [0.25, 0.3) is 0 Å². The number of nitrogens with zero attached hydrogens (tertiary/aromatic N) is 2. The number of carbonyl (C=O) groups is 2. The molecular weight excluding hydrogens is 679 g/mol. The van der Waals surface area contributed by atoms with Crippen LogP contribution in [0.4, 0.5) is 4.39 Å². The Morgan fingerprint density at radius 1 is 0.692 bits per heavy atom. The third-order valence-electron chi connectivity index (χ3n) is 7.99. The molecule has 6 N–H and O–H groups in total. The molecule has 2 aromatic heterocycles. The quantitative estimate of drug-likeness (QED) is 0.0728. The molecule has 278 valence electrons. The molecule has 0 saturated carbocycles. The Labute approximate surface area is 300 Å². The molecule has 0 spiro atoms. The number of aromatic nitrogens is 2. The molecule has 0 aliphatic rings. The Bertz CT molecular complexity index is 1690. The number of pyridine rings is 2. The van der Waals surface area contributed by atoms with Crippen molar-refractivity contribution in [3.63, 3.8) is 0 Å². The lowest BCUT2D eigenvalue weighted by Crippen LogP contribution is -2.28. The number of aliphatic carboxylic acids is 2. The fourth-order valence-electron chi connectivity index (χ4n) is 5.32. The summed E-state index contributed by atoms with van der Waals surface area (Å²) in [6.07, 6.45) is -2.79. The largest absolute Gasteiger partial charge is 0.481 e. The molecule has 14 nitrogen and oxygen atoms in total. The standard InChI is InChI=1S/C37H43FN4O10/c1-22-25(20-51-31-12-10-23(36(41-31)49-2)16-39-18-27(43)14-33(45)46)6-4-8-29(22)30-9-5-7-26(35(30)38)21-52-32-13-11-24(37(42-32)50-3)17-40-19-28(44)15-34(47)48/h4-13,27-28,39-40,43-44H,14-21H2,1-3H3,(H,45,46)(H,47,48). The van der Waals surface area contributed by atoms with Gasteiger partial charge in [-0.25, -0.2) is 4.39 Å². The topological polar surface area (TPSA) is 202 Å². The Morgan fingerprint density at radius 3 is 1.63 bits per heavy atom. The minimum Gasteiger partial charge on any atom is -0.481 e. The molecule has 0 amide bonds. The second-order valence-electron chi connectivity index (χ2n) is 11.8. The molecule has 4 aromatic rings. The van der Waals surface area contributed by atoms with Crippen LogP contribution in [0.15, 0.2) is 60.7 Å². The van der Waals surface area contributed by atoms with Crippen molar-refractivity contribution in [3.8, 4) is 34.6 Å². The Morgan fingerprint density at radius 2 is 1.15 bits per heavy atom. The van der Waals surface area contributed by atoms with Crippen LogP contribution in [-0.4, -0.2) is 81.8 Å². The zero-order valence-electron chi connectivity index (χ0n) is 29.1. The van der Waals surface area contributed by atoms with E-state index >= 15 is 4.39 Å². The van der Waals surface area contributed by atoms with Gasteiger partial charge in [0, 0.05) is 60.6 Å². The SMILES string of the molecule is COc1nc(OCc2cccc(-c3cccc(COc4ccc(CNCC(O)CC(=O)O)c(OC)n4)c3F)c2C)ccc1CNCC(O)CC(=O)O. The zero-order chi connectivity index (χ0) is 37.6. The molecule has 15 heteroatoms. The summed E-state index contributed by atoms with van der Waals surface area (Å²) in [5, 5.41) is 43.1. The fraction of sp³-hybridized carbons (Fsp3) is 0.351. The molecule has 0 aliphatic carbocycles. The Kier molecular flexibility index (Phi) is 14.6. The average molecular weight is 723 g/mol. The van der Waals surface area contributed by atoms with Gasteiger partial charge in [0.05, 0.1) is 39.3 Å². The highest BCUT2D eigenvalue weighted by Gasteiger charge is 2.17. The van der Waals surface area contributed by atoms with E-state index in [0.717, 1.165) is 11.1 Å². The summed E-state index contributed by atoms with van der Waals surface area (Å²) in [7, 11) is 2.92. The number of aliphatic hydroxyl groups excluding tert-OH is 2. The number of aliphatic hydroxyl groups is 2. The first-order valence-electron chi connectivity index (χ1n) is 16.4. The van der Waals surface area contributed by atoms with Gasteiger partial charge in [-0.05, 0) is 35.7 Å². The van der Waals surface area contributed by atoms with Crippen LogP contribution >= 0.6 is 0 Å². The van der Waals surface area contributed by atoms with Gasteiger partial charge in [0.1, 0.15) is 19.0 Å². The van der Waals surface area contributed by atoms with Crippen molar-refractivity contribution in [2.24, 2.45) is 0 Å². The molecule has 0 radical (unpaired) electrons. The zero-order valence-corrected chi connectivity index (χ0v) is 29.1. The maximum absolute atomic E-state index is 15.9. The summed E-state index contributed by atoms with van der Waals surface area (Å²) in [4.78, 5) is 30.3. The van der Waals surface area contributed by atoms with Crippen molar-refractivity contribution >= 4 is 11.9 Å². The molecule has 2 atom stereocenters. The molecular formula is C37H43FN4O10. The van der Waals surface area contributed by atoms with Gasteiger partial charge >= 0.3 is 11.9 Å². The van der Waals surface area contributed by atoms with Crippen molar-refractivity contribution in [2.75, 3.05) is 27.3 Å². The van der Waals surface area contributed by atoms with Crippen LogP contribution in [0, 0.1) is 12.7 Å². The summed E-state index contributed by atoms with van der Waals surface area (Å²) >= 11 is 0. The van der Waals surface area contributed by atoms with E-state index < -0.39 is 30.0 Å².